The lowest BCUT2D eigenvalue weighted by molar-refractivity contribution is -0.162. The van der Waals surface area contributed by atoms with Gasteiger partial charge in [-0.15, -0.1) is 11.8 Å². The Balaban J connectivity index is 1.16. The number of thioether (sulfide) groups is 1. The average Bonchev–Trinajstić information content (AvgIpc) is 3.91. The van der Waals surface area contributed by atoms with Crippen molar-refractivity contribution in [2.45, 2.75) is 146 Å². The van der Waals surface area contributed by atoms with Gasteiger partial charge in [0.2, 0.25) is 23.6 Å². The van der Waals surface area contributed by atoms with E-state index in [0.29, 0.717) is 42.2 Å². The van der Waals surface area contributed by atoms with Crippen LogP contribution in [0.5, 0.6) is 5.75 Å². The fourth-order valence-electron chi connectivity index (χ4n) is 9.95. The maximum Gasteiger partial charge on any atom is 0.409 e. The maximum atomic E-state index is 14.3. The van der Waals surface area contributed by atoms with Crippen LogP contribution >= 0.6 is 23.4 Å². The van der Waals surface area contributed by atoms with E-state index in [2.05, 4.69) is 19.2 Å². The monoisotopic (exact) mass is 972 g/mol. The molecule has 1 aromatic carbocycles. The Morgan fingerprint density at radius 2 is 1.78 bits per heavy atom. The second kappa shape index (κ2) is 21.6. The number of carbonyl (C=O) groups is 6. The van der Waals surface area contributed by atoms with E-state index < -0.39 is 70.9 Å². The summed E-state index contributed by atoms with van der Waals surface area (Å²) in [4.78, 5) is 85.3. The summed E-state index contributed by atoms with van der Waals surface area (Å²) in [7, 11) is 5.95. The van der Waals surface area contributed by atoms with E-state index in [0.717, 1.165) is 36.8 Å². The first kappa shape index (κ1) is 52.2. The lowest BCUT2D eigenvalue weighted by Gasteiger charge is -2.42. The molecule has 4 aliphatic heterocycles. The molecule has 0 spiro atoms. The number of likely N-dealkylation sites (N-methyl/N-ethyl adjacent to an activating group) is 1. The molecule has 4 fully saturated rings. The first-order valence-electron chi connectivity index (χ1n) is 23.4. The predicted octanol–water partition coefficient (Wildman–Crippen LogP) is 6.23. The molecular weight excluding hydrogens is 904 g/mol. The van der Waals surface area contributed by atoms with Crippen molar-refractivity contribution in [1.82, 2.24) is 15.1 Å². The lowest BCUT2D eigenvalue weighted by Crippen LogP contribution is -2.63. The van der Waals surface area contributed by atoms with E-state index in [1.807, 2.05) is 13.0 Å². The molecule has 18 heteroatoms. The van der Waals surface area contributed by atoms with Crippen molar-refractivity contribution in [2.75, 3.05) is 45.5 Å². The number of fused-ring (bicyclic) bond motifs is 5. The van der Waals surface area contributed by atoms with Crippen LogP contribution in [-0.4, -0.2) is 138 Å². The molecular formula is C49H69ClN4O12S. The number of methoxy groups -OCH3 is 2. The number of nitrogens with one attached hydrogen (secondary N) is 1. The molecule has 0 radical (unpaired) electrons. The number of esters is 1. The molecule has 6 rings (SSSR count). The van der Waals surface area contributed by atoms with Crippen molar-refractivity contribution >= 4 is 64.7 Å². The Labute approximate surface area is 403 Å². The number of hydrogen-bond donors (Lipinski definition) is 2. The van der Waals surface area contributed by atoms with Crippen LogP contribution in [0.3, 0.4) is 0 Å². The lowest BCUT2D eigenvalue weighted by atomic mass is 9.77. The Kier molecular flexibility index (Phi) is 16.9. The molecule has 0 aromatic heterocycles. The maximum absolute atomic E-state index is 14.3. The van der Waals surface area contributed by atoms with Gasteiger partial charge in [0.15, 0.2) is 5.72 Å². The Bertz CT molecular complexity index is 2110. The summed E-state index contributed by atoms with van der Waals surface area (Å²) >= 11 is 8.09. The van der Waals surface area contributed by atoms with Crippen molar-refractivity contribution in [3.05, 3.63) is 46.5 Å². The number of rotatable bonds is 12. The summed E-state index contributed by atoms with van der Waals surface area (Å²) in [5.74, 6) is -0.355. The Hall–Kier alpha value is -4.16. The zero-order chi connectivity index (χ0) is 49.1. The van der Waals surface area contributed by atoms with Crippen LogP contribution in [0.25, 0.3) is 0 Å². The molecule has 16 nitrogen and oxygen atoms in total. The van der Waals surface area contributed by atoms with Gasteiger partial charge in [-0.25, -0.2) is 9.59 Å². The van der Waals surface area contributed by atoms with Gasteiger partial charge in [0, 0.05) is 58.7 Å². The molecule has 1 aromatic rings. The second-order valence-corrected chi connectivity index (χ2v) is 21.3. The number of anilines is 1. The number of halogens is 1. The van der Waals surface area contributed by atoms with Crippen LogP contribution in [0.1, 0.15) is 98.5 Å². The van der Waals surface area contributed by atoms with E-state index >= 15 is 0 Å². The van der Waals surface area contributed by atoms with Gasteiger partial charge in [-0.1, -0.05) is 56.2 Å². The van der Waals surface area contributed by atoms with Gasteiger partial charge in [0.05, 0.1) is 30.6 Å². The van der Waals surface area contributed by atoms with Crippen molar-refractivity contribution in [3.8, 4) is 5.75 Å². The van der Waals surface area contributed by atoms with Gasteiger partial charge in [-0.3, -0.25) is 29.4 Å². The largest absolute Gasteiger partial charge is 0.495 e. The number of likely N-dealkylation sites (tertiary alicyclic amines) is 1. The number of nitrogens with zero attached hydrogens (tertiary/aromatic N) is 3. The Morgan fingerprint density at radius 1 is 1.07 bits per heavy atom. The van der Waals surface area contributed by atoms with E-state index in [1.54, 1.807) is 45.2 Å². The molecule has 5 amide bonds. The zero-order valence-electron chi connectivity index (χ0n) is 40.5. The van der Waals surface area contributed by atoms with Gasteiger partial charge in [0.1, 0.15) is 40.7 Å². The van der Waals surface area contributed by atoms with Crippen LogP contribution in [0, 0.1) is 23.7 Å². The molecule has 1 saturated carbocycles. The highest BCUT2D eigenvalue weighted by molar-refractivity contribution is 8.00. The number of ether oxygens (including phenoxy) is 5. The fourth-order valence-corrected chi connectivity index (χ4v) is 11.4. The highest BCUT2D eigenvalue weighted by atomic mass is 35.5. The number of epoxide rings is 1. The smallest absolute Gasteiger partial charge is 0.409 e. The van der Waals surface area contributed by atoms with Gasteiger partial charge in [0.25, 0.3) is 0 Å². The summed E-state index contributed by atoms with van der Waals surface area (Å²) in [6.45, 7) is 11.9. The molecule has 67 heavy (non-hydrogen) atoms. The van der Waals surface area contributed by atoms with Gasteiger partial charge in [-0.2, -0.15) is 0 Å². The standard InChI is InChI=1S/C49H69ClN4O12S/c1-27(2)33-16-14-31(15-17-33)26-54-42(57)23-37(45(54)58)67-19-18-40(55)52(7)30(5)46(59)65-39-24-41(56)53(8)34-21-32(22-35(62-9)43(34)50)20-28(3)12-11-13-38(63-10)49(61)25-36(64-47(60)51-49)29(4)44-48(39,6)66-44/h11-13,21-22,27,29-31,33,36-39,44,61H,14-20,23-26H2,1-10H3,(H,51,60)/b13-11+,28-12+/t29-,30+,31?,33?,36?,37?,38-,39+,44?,48-,49+/m1/s1. The minimum atomic E-state index is -1.86. The third kappa shape index (κ3) is 11.8. The number of aliphatic hydroxyl groups is 1. The quantitative estimate of drug-likeness (QED) is 0.136. The van der Waals surface area contributed by atoms with Crippen molar-refractivity contribution in [2.24, 2.45) is 23.7 Å². The van der Waals surface area contributed by atoms with Crippen LogP contribution in [0.15, 0.2) is 35.9 Å². The number of benzene rings is 1. The third-order valence-corrected chi connectivity index (χ3v) is 16.2. The third-order valence-electron chi connectivity index (χ3n) is 14.6. The van der Waals surface area contributed by atoms with E-state index in [1.165, 1.54) is 54.7 Å². The minimum absolute atomic E-state index is 0.00271. The summed E-state index contributed by atoms with van der Waals surface area (Å²) in [6, 6.07) is 2.47. The van der Waals surface area contributed by atoms with E-state index in [-0.39, 0.29) is 54.2 Å². The van der Waals surface area contributed by atoms with Crippen LogP contribution < -0.4 is 15.0 Å². The summed E-state index contributed by atoms with van der Waals surface area (Å²) in [6.07, 6.45) is 4.93. The first-order valence-corrected chi connectivity index (χ1v) is 24.8. The van der Waals surface area contributed by atoms with Crippen molar-refractivity contribution in [3.63, 3.8) is 0 Å². The predicted molar refractivity (Wildman–Crippen MR) is 253 cm³/mol. The highest BCUT2D eigenvalue weighted by Gasteiger charge is 2.64. The van der Waals surface area contributed by atoms with Gasteiger partial charge in [-0.05, 0) is 88.3 Å². The minimum Gasteiger partial charge on any atom is -0.495 e. The highest BCUT2D eigenvalue weighted by Crippen LogP contribution is 2.49. The van der Waals surface area contributed by atoms with Gasteiger partial charge < -0.3 is 38.6 Å². The molecule has 3 unspecified atom stereocenters. The van der Waals surface area contributed by atoms with Crippen LogP contribution in [0.4, 0.5) is 10.5 Å². The first-order chi connectivity index (χ1) is 31.6. The Morgan fingerprint density at radius 3 is 2.43 bits per heavy atom. The SMILES string of the molecule is COc1cc2cc(c1Cl)N(C)C(=O)C[C@H](OC(=O)[C@H](C)N(C)C(=O)CCSC1CC(=O)N(CC3CCC(C(C)C)CC3)C1=O)[C@@]1(C)OC1[C@H](C)C1C[C@@](O)(NC(=O)O1)[C@H](OC)/C=C/C=C(\C)C2. The average molecular weight is 974 g/mol. The van der Waals surface area contributed by atoms with Crippen LogP contribution in [0.2, 0.25) is 5.02 Å². The van der Waals surface area contributed by atoms with E-state index in [4.69, 9.17) is 35.3 Å². The topological polar surface area (TPSA) is 194 Å². The molecule has 370 valence electrons. The zero-order valence-corrected chi connectivity index (χ0v) is 42.1. The number of allylic oxidation sites excluding steroid dienone is 3. The summed E-state index contributed by atoms with van der Waals surface area (Å²) in [5.41, 5.74) is -1.08. The molecule has 3 saturated heterocycles. The van der Waals surface area contributed by atoms with Gasteiger partial charge >= 0.3 is 12.1 Å². The molecule has 4 heterocycles. The molecule has 2 N–H and O–H groups in total. The molecule has 5 aliphatic rings. The molecule has 1 aliphatic carbocycles. The number of hydrogen-bond acceptors (Lipinski definition) is 13. The van der Waals surface area contributed by atoms with Crippen LogP contribution in [-0.2, 0) is 49.3 Å². The van der Waals surface area contributed by atoms with Crippen molar-refractivity contribution in [1.29, 1.82) is 0 Å². The number of carbonyl (C=O) groups excluding carboxylic acids is 6. The number of amides is 5. The number of imide groups is 1. The fraction of sp³-hybridized carbons (Fsp3) is 0.673. The summed E-state index contributed by atoms with van der Waals surface area (Å²) < 4.78 is 29.5. The normalized spacial score (nSPS) is 33.2. The summed E-state index contributed by atoms with van der Waals surface area (Å²) in [5, 5.41) is 14.0. The second-order valence-electron chi connectivity index (χ2n) is 19.6. The van der Waals surface area contributed by atoms with E-state index in [9.17, 15) is 33.9 Å². The molecule has 9 atom stereocenters. The van der Waals surface area contributed by atoms with Crippen molar-refractivity contribution < 1.29 is 57.6 Å². The molecule has 4 bridgehead atoms. The number of alkyl carbamates (subject to hydrolysis) is 1.